The highest BCUT2D eigenvalue weighted by molar-refractivity contribution is 5.95. The van der Waals surface area contributed by atoms with Crippen LogP contribution in [0.5, 0.6) is 0 Å². The van der Waals surface area contributed by atoms with Crippen molar-refractivity contribution in [1.82, 2.24) is 20.0 Å². The van der Waals surface area contributed by atoms with Gasteiger partial charge in [-0.15, -0.1) is 0 Å². The summed E-state index contributed by atoms with van der Waals surface area (Å²) in [5, 5.41) is 7.71. The standard InChI is InChI=1S/C23H34N4O2/c1-16(2)21(26-10-12-29-13-11-26)15-24-23(28)20-14-25-27(22(20)17(3)4)19-8-6-18(5)7-9-19/h6-9,14,16-17,21H,10-13,15H2,1-5H3,(H,24,28). The highest BCUT2D eigenvalue weighted by atomic mass is 16.5. The quantitative estimate of drug-likeness (QED) is 0.777. The molecule has 3 rings (SSSR count). The van der Waals surface area contributed by atoms with E-state index < -0.39 is 0 Å². The van der Waals surface area contributed by atoms with E-state index in [4.69, 9.17) is 4.74 Å². The van der Waals surface area contributed by atoms with Crippen LogP contribution in [-0.4, -0.2) is 59.5 Å². The molecular formula is C23H34N4O2. The van der Waals surface area contributed by atoms with Gasteiger partial charge in [-0.2, -0.15) is 5.10 Å². The molecule has 1 aromatic carbocycles. The third kappa shape index (κ3) is 5.06. The summed E-state index contributed by atoms with van der Waals surface area (Å²) < 4.78 is 7.37. The van der Waals surface area contributed by atoms with Crippen molar-refractivity contribution < 1.29 is 9.53 Å². The number of amides is 1. The third-order valence-electron chi connectivity index (χ3n) is 5.63. The second-order valence-electron chi connectivity index (χ2n) is 8.52. The van der Waals surface area contributed by atoms with Crippen molar-refractivity contribution in [2.24, 2.45) is 5.92 Å². The van der Waals surface area contributed by atoms with Gasteiger partial charge >= 0.3 is 0 Å². The number of carbonyl (C=O) groups excluding carboxylic acids is 1. The summed E-state index contributed by atoms with van der Waals surface area (Å²) in [6.45, 7) is 14.7. The Kier molecular flexibility index (Phi) is 7.09. The molecule has 1 N–H and O–H groups in total. The van der Waals surface area contributed by atoms with Gasteiger partial charge in [0, 0.05) is 25.7 Å². The van der Waals surface area contributed by atoms with Gasteiger partial charge in [-0.25, -0.2) is 4.68 Å². The van der Waals surface area contributed by atoms with E-state index in [1.165, 1.54) is 5.56 Å². The zero-order valence-corrected chi connectivity index (χ0v) is 18.3. The van der Waals surface area contributed by atoms with Crippen LogP contribution in [0.25, 0.3) is 5.69 Å². The SMILES string of the molecule is Cc1ccc(-n2ncc(C(=O)NCC(C(C)C)N3CCOCC3)c2C(C)C)cc1. The average molecular weight is 399 g/mol. The Labute approximate surface area is 174 Å². The van der Waals surface area contributed by atoms with E-state index in [0.717, 1.165) is 37.7 Å². The number of carbonyl (C=O) groups is 1. The number of hydrogen-bond donors (Lipinski definition) is 1. The molecule has 1 atom stereocenters. The fraction of sp³-hybridized carbons (Fsp3) is 0.565. The van der Waals surface area contributed by atoms with Gasteiger partial charge in [0.25, 0.3) is 5.91 Å². The largest absolute Gasteiger partial charge is 0.379 e. The zero-order valence-electron chi connectivity index (χ0n) is 18.3. The number of rotatable bonds is 7. The van der Waals surface area contributed by atoms with E-state index in [9.17, 15) is 4.79 Å². The lowest BCUT2D eigenvalue weighted by Crippen LogP contribution is -2.51. The van der Waals surface area contributed by atoms with Crippen LogP contribution < -0.4 is 5.32 Å². The first kappa shape index (κ1) is 21.5. The minimum absolute atomic E-state index is 0.0500. The van der Waals surface area contributed by atoms with E-state index in [-0.39, 0.29) is 11.8 Å². The van der Waals surface area contributed by atoms with E-state index in [1.54, 1.807) is 6.20 Å². The van der Waals surface area contributed by atoms with Crippen LogP contribution in [0, 0.1) is 12.8 Å². The minimum atomic E-state index is -0.0500. The first-order valence-electron chi connectivity index (χ1n) is 10.6. The van der Waals surface area contributed by atoms with Gasteiger partial charge in [-0.3, -0.25) is 9.69 Å². The van der Waals surface area contributed by atoms with Crippen LogP contribution in [0.4, 0.5) is 0 Å². The topological polar surface area (TPSA) is 59.4 Å². The number of benzene rings is 1. The van der Waals surface area contributed by atoms with Crippen LogP contribution >= 0.6 is 0 Å². The van der Waals surface area contributed by atoms with Crippen molar-refractivity contribution in [2.75, 3.05) is 32.8 Å². The number of aryl methyl sites for hydroxylation is 1. The maximum atomic E-state index is 13.1. The number of morpholine rings is 1. The summed E-state index contributed by atoms with van der Waals surface area (Å²) in [5.41, 5.74) is 3.78. The molecule has 1 unspecified atom stereocenters. The van der Waals surface area contributed by atoms with Gasteiger partial charge in [0.2, 0.25) is 0 Å². The summed E-state index contributed by atoms with van der Waals surface area (Å²) in [6.07, 6.45) is 1.70. The minimum Gasteiger partial charge on any atom is -0.379 e. The molecular weight excluding hydrogens is 364 g/mol. The second-order valence-corrected chi connectivity index (χ2v) is 8.52. The summed E-state index contributed by atoms with van der Waals surface area (Å²) in [4.78, 5) is 15.5. The molecule has 29 heavy (non-hydrogen) atoms. The zero-order chi connectivity index (χ0) is 21.0. The van der Waals surface area contributed by atoms with Gasteiger partial charge < -0.3 is 10.1 Å². The van der Waals surface area contributed by atoms with Gasteiger partial charge in [0.15, 0.2) is 0 Å². The number of aromatic nitrogens is 2. The van der Waals surface area contributed by atoms with Crippen molar-refractivity contribution in [3.05, 3.63) is 47.3 Å². The fourth-order valence-corrected chi connectivity index (χ4v) is 3.97. The Bertz CT molecular complexity index is 805. The molecule has 2 heterocycles. The predicted octanol–water partition coefficient (Wildman–Crippen LogP) is 3.39. The van der Waals surface area contributed by atoms with Gasteiger partial charge in [-0.05, 0) is 30.9 Å². The molecule has 6 heteroatoms. The maximum Gasteiger partial charge on any atom is 0.254 e. The summed E-state index contributed by atoms with van der Waals surface area (Å²) in [5.74, 6) is 0.582. The third-order valence-corrected chi connectivity index (χ3v) is 5.63. The highest BCUT2D eigenvalue weighted by Gasteiger charge is 2.26. The van der Waals surface area contributed by atoms with Gasteiger partial charge in [-0.1, -0.05) is 45.4 Å². The Hall–Kier alpha value is -2.18. The van der Waals surface area contributed by atoms with Crippen LogP contribution in [0.2, 0.25) is 0 Å². The number of ether oxygens (including phenoxy) is 1. The Morgan fingerprint density at radius 2 is 1.79 bits per heavy atom. The van der Waals surface area contributed by atoms with Crippen molar-refractivity contribution in [3.8, 4) is 5.69 Å². The Balaban J connectivity index is 1.77. The molecule has 1 fully saturated rings. The summed E-state index contributed by atoms with van der Waals surface area (Å²) in [6, 6.07) is 8.52. The van der Waals surface area contributed by atoms with Crippen molar-refractivity contribution in [2.45, 2.75) is 46.6 Å². The van der Waals surface area contributed by atoms with Crippen molar-refractivity contribution >= 4 is 5.91 Å². The molecule has 1 amide bonds. The van der Waals surface area contributed by atoms with E-state index in [0.29, 0.717) is 24.1 Å². The molecule has 0 spiro atoms. The second kappa shape index (κ2) is 9.55. The monoisotopic (exact) mass is 398 g/mol. The molecule has 2 aromatic rings. The highest BCUT2D eigenvalue weighted by Crippen LogP contribution is 2.23. The normalized spacial score (nSPS) is 16.4. The molecule has 1 aromatic heterocycles. The molecule has 158 valence electrons. The first-order chi connectivity index (χ1) is 13.9. The van der Waals surface area contributed by atoms with Crippen LogP contribution in [0.3, 0.4) is 0 Å². The lowest BCUT2D eigenvalue weighted by molar-refractivity contribution is 0.00672. The van der Waals surface area contributed by atoms with Crippen LogP contribution in [0.15, 0.2) is 30.5 Å². The van der Waals surface area contributed by atoms with E-state index in [2.05, 4.69) is 62.1 Å². The molecule has 0 radical (unpaired) electrons. The van der Waals surface area contributed by atoms with E-state index in [1.807, 2.05) is 16.8 Å². The summed E-state index contributed by atoms with van der Waals surface area (Å²) in [7, 11) is 0. The summed E-state index contributed by atoms with van der Waals surface area (Å²) >= 11 is 0. The molecule has 1 aliphatic heterocycles. The van der Waals surface area contributed by atoms with Gasteiger partial charge in [0.1, 0.15) is 0 Å². The lowest BCUT2D eigenvalue weighted by atomic mass is 10.0. The smallest absolute Gasteiger partial charge is 0.254 e. The van der Waals surface area contributed by atoms with Crippen molar-refractivity contribution in [3.63, 3.8) is 0 Å². The van der Waals surface area contributed by atoms with E-state index >= 15 is 0 Å². The molecule has 0 bridgehead atoms. The molecule has 0 saturated carbocycles. The molecule has 6 nitrogen and oxygen atoms in total. The molecule has 1 saturated heterocycles. The number of nitrogens with zero attached hydrogens (tertiary/aromatic N) is 3. The lowest BCUT2D eigenvalue weighted by Gasteiger charge is -2.36. The fourth-order valence-electron chi connectivity index (χ4n) is 3.97. The molecule has 1 aliphatic rings. The maximum absolute atomic E-state index is 13.1. The Morgan fingerprint density at radius 1 is 1.14 bits per heavy atom. The predicted molar refractivity (Wildman–Crippen MR) is 116 cm³/mol. The van der Waals surface area contributed by atoms with Gasteiger partial charge in [0.05, 0.1) is 36.4 Å². The Morgan fingerprint density at radius 3 is 2.38 bits per heavy atom. The van der Waals surface area contributed by atoms with Crippen molar-refractivity contribution in [1.29, 1.82) is 0 Å². The number of nitrogens with one attached hydrogen (secondary N) is 1. The van der Waals surface area contributed by atoms with Crippen LogP contribution in [-0.2, 0) is 4.74 Å². The molecule has 0 aliphatic carbocycles. The average Bonchev–Trinajstić information content (AvgIpc) is 3.14. The number of hydrogen-bond acceptors (Lipinski definition) is 4. The van der Waals surface area contributed by atoms with Crippen LogP contribution in [0.1, 0.15) is 55.2 Å². The first-order valence-corrected chi connectivity index (χ1v) is 10.6.